The molecule has 0 unspecified atom stereocenters. The first kappa shape index (κ1) is 16.4. The lowest BCUT2D eigenvalue weighted by Gasteiger charge is -2.06. The predicted octanol–water partition coefficient (Wildman–Crippen LogP) is 6.51. The summed E-state index contributed by atoms with van der Waals surface area (Å²) in [6, 6.07) is 18.5. The van der Waals surface area contributed by atoms with Gasteiger partial charge in [0.15, 0.2) is 0 Å². The summed E-state index contributed by atoms with van der Waals surface area (Å²) >= 11 is 9.50. The molecule has 1 aromatic heterocycles. The van der Waals surface area contributed by atoms with Crippen molar-refractivity contribution in [1.29, 1.82) is 0 Å². The highest BCUT2D eigenvalue weighted by molar-refractivity contribution is 8.00. The van der Waals surface area contributed by atoms with Crippen LogP contribution < -0.4 is 5.73 Å². The lowest BCUT2D eigenvalue weighted by Crippen LogP contribution is -1.89. The summed E-state index contributed by atoms with van der Waals surface area (Å²) in [7, 11) is 0. The van der Waals surface area contributed by atoms with E-state index in [0.29, 0.717) is 0 Å². The number of nitrogens with two attached hydrogens (primary N) is 1. The minimum Gasteiger partial charge on any atom is -0.390 e. The highest BCUT2D eigenvalue weighted by atomic mass is 35.5. The molecule has 1 heterocycles. The largest absolute Gasteiger partial charge is 0.390 e. The molecule has 0 aliphatic carbocycles. The Morgan fingerprint density at radius 2 is 1.74 bits per heavy atom. The van der Waals surface area contributed by atoms with E-state index in [1.807, 2.05) is 30.0 Å². The molecule has 2 aromatic carbocycles. The Kier molecular flexibility index (Phi) is 5.31. The fourth-order valence-corrected chi connectivity index (χ4v) is 5.18. The Morgan fingerprint density at radius 3 is 2.39 bits per heavy atom. The number of thioether (sulfide) groups is 1. The van der Waals surface area contributed by atoms with Gasteiger partial charge in [0.05, 0.1) is 9.21 Å². The normalized spacial score (nSPS) is 10.9. The lowest BCUT2D eigenvalue weighted by molar-refractivity contribution is 1.12. The SMILES string of the molecule is CCc1c(SCc2ccc(Cl)cc2)sc(N)c1-c1ccccc1. The van der Waals surface area contributed by atoms with Crippen molar-refractivity contribution in [2.75, 3.05) is 5.73 Å². The van der Waals surface area contributed by atoms with Gasteiger partial charge in [-0.15, -0.1) is 23.1 Å². The number of rotatable bonds is 5. The third-order valence-electron chi connectivity index (χ3n) is 3.70. The van der Waals surface area contributed by atoms with Crippen LogP contribution in [0.15, 0.2) is 58.8 Å². The molecule has 0 saturated carbocycles. The molecule has 118 valence electrons. The number of nitrogen functional groups attached to an aromatic ring is 1. The molecule has 0 atom stereocenters. The van der Waals surface area contributed by atoms with Gasteiger partial charge in [-0.05, 0) is 35.2 Å². The molecule has 0 saturated heterocycles. The highest BCUT2D eigenvalue weighted by Crippen LogP contribution is 2.44. The van der Waals surface area contributed by atoms with Gasteiger partial charge in [-0.3, -0.25) is 0 Å². The summed E-state index contributed by atoms with van der Waals surface area (Å²) in [6.45, 7) is 2.19. The standard InChI is InChI=1S/C19H18ClNS2/c1-2-16-17(14-6-4-3-5-7-14)18(21)23-19(16)22-12-13-8-10-15(20)11-9-13/h3-11H,2,12,21H2,1H3. The van der Waals surface area contributed by atoms with Crippen molar-refractivity contribution in [3.8, 4) is 11.1 Å². The third-order valence-corrected chi connectivity index (χ3v) is 6.39. The summed E-state index contributed by atoms with van der Waals surface area (Å²) in [5.41, 5.74) is 11.4. The van der Waals surface area contributed by atoms with E-state index >= 15 is 0 Å². The zero-order valence-electron chi connectivity index (χ0n) is 12.9. The zero-order chi connectivity index (χ0) is 16.2. The molecule has 0 aliphatic rings. The number of hydrogen-bond donors (Lipinski definition) is 1. The summed E-state index contributed by atoms with van der Waals surface area (Å²) in [6.07, 6.45) is 0.987. The van der Waals surface area contributed by atoms with Gasteiger partial charge in [-0.2, -0.15) is 0 Å². The van der Waals surface area contributed by atoms with Crippen molar-refractivity contribution in [1.82, 2.24) is 0 Å². The van der Waals surface area contributed by atoms with Crippen LogP contribution in [0.25, 0.3) is 11.1 Å². The smallest absolute Gasteiger partial charge is 0.0950 e. The minimum absolute atomic E-state index is 0.778. The second kappa shape index (κ2) is 7.43. The van der Waals surface area contributed by atoms with Crippen LogP contribution in [0.4, 0.5) is 5.00 Å². The Balaban J connectivity index is 1.87. The lowest BCUT2D eigenvalue weighted by atomic mass is 10.0. The third kappa shape index (κ3) is 3.74. The quantitative estimate of drug-likeness (QED) is 0.526. The molecule has 0 aliphatic heterocycles. The molecule has 0 fully saturated rings. The van der Waals surface area contributed by atoms with Crippen LogP contribution in [0.2, 0.25) is 5.02 Å². The van der Waals surface area contributed by atoms with Crippen molar-refractivity contribution in [2.45, 2.75) is 23.3 Å². The Hall–Kier alpha value is -1.42. The molecular weight excluding hydrogens is 342 g/mol. The molecule has 4 heteroatoms. The first-order chi connectivity index (χ1) is 11.2. The number of halogens is 1. The monoisotopic (exact) mass is 359 g/mol. The number of benzene rings is 2. The van der Waals surface area contributed by atoms with Crippen LogP contribution in [0, 0.1) is 0 Å². The summed E-state index contributed by atoms with van der Waals surface area (Å²) in [4.78, 5) is 0. The first-order valence-corrected chi connectivity index (χ1v) is 9.71. The van der Waals surface area contributed by atoms with Crippen molar-refractivity contribution < 1.29 is 0 Å². The van der Waals surface area contributed by atoms with E-state index in [0.717, 1.165) is 22.2 Å². The Labute approximate surface area is 150 Å². The van der Waals surface area contributed by atoms with Crippen LogP contribution in [0.1, 0.15) is 18.1 Å². The second-order valence-corrected chi connectivity index (χ2v) is 7.97. The minimum atomic E-state index is 0.778. The van der Waals surface area contributed by atoms with Gasteiger partial charge < -0.3 is 5.73 Å². The predicted molar refractivity (Wildman–Crippen MR) is 105 cm³/mol. The Bertz CT molecular complexity index is 779. The summed E-state index contributed by atoms with van der Waals surface area (Å²) in [5, 5.41) is 1.69. The summed E-state index contributed by atoms with van der Waals surface area (Å²) < 4.78 is 1.32. The van der Waals surface area contributed by atoms with Gasteiger partial charge in [0.2, 0.25) is 0 Å². The topological polar surface area (TPSA) is 26.0 Å². The van der Waals surface area contributed by atoms with E-state index in [1.54, 1.807) is 11.3 Å². The van der Waals surface area contributed by atoms with Crippen LogP contribution in [-0.4, -0.2) is 0 Å². The van der Waals surface area contributed by atoms with E-state index < -0.39 is 0 Å². The number of hydrogen-bond acceptors (Lipinski definition) is 3. The van der Waals surface area contributed by atoms with Crippen molar-refractivity contribution >= 4 is 39.7 Å². The van der Waals surface area contributed by atoms with Crippen LogP contribution in [-0.2, 0) is 12.2 Å². The molecule has 2 N–H and O–H groups in total. The maximum absolute atomic E-state index is 6.33. The molecular formula is C19H18ClNS2. The number of anilines is 1. The van der Waals surface area contributed by atoms with E-state index in [9.17, 15) is 0 Å². The van der Waals surface area contributed by atoms with E-state index in [-0.39, 0.29) is 0 Å². The second-order valence-electron chi connectivity index (χ2n) is 5.24. The van der Waals surface area contributed by atoms with Gasteiger partial charge in [-0.1, -0.05) is 61.0 Å². The van der Waals surface area contributed by atoms with Crippen molar-refractivity contribution in [2.24, 2.45) is 0 Å². The molecule has 0 radical (unpaired) electrons. The van der Waals surface area contributed by atoms with Gasteiger partial charge >= 0.3 is 0 Å². The average molecular weight is 360 g/mol. The maximum Gasteiger partial charge on any atom is 0.0950 e. The molecule has 1 nitrogen and oxygen atoms in total. The number of thiophene rings is 1. The van der Waals surface area contributed by atoms with Gasteiger partial charge in [0.25, 0.3) is 0 Å². The van der Waals surface area contributed by atoms with Gasteiger partial charge in [0.1, 0.15) is 0 Å². The molecule has 0 bridgehead atoms. The fourth-order valence-electron chi connectivity index (χ4n) is 2.55. The van der Waals surface area contributed by atoms with Crippen LogP contribution >= 0.6 is 34.7 Å². The van der Waals surface area contributed by atoms with Crippen molar-refractivity contribution in [3.05, 3.63) is 70.7 Å². The molecule has 3 rings (SSSR count). The van der Waals surface area contributed by atoms with Crippen LogP contribution in [0.3, 0.4) is 0 Å². The molecule has 0 amide bonds. The molecule has 3 aromatic rings. The van der Waals surface area contributed by atoms with Crippen molar-refractivity contribution in [3.63, 3.8) is 0 Å². The van der Waals surface area contributed by atoms with E-state index in [2.05, 4.69) is 43.3 Å². The van der Waals surface area contributed by atoms with E-state index in [4.69, 9.17) is 17.3 Å². The molecule has 0 spiro atoms. The Morgan fingerprint density at radius 1 is 1.04 bits per heavy atom. The first-order valence-electron chi connectivity index (χ1n) is 7.52. The molecule has 23 heavy (non-hydrogen) atoms. The average Bonchev–Trinajstić information content (AvgIpc) is 2.90. The van der Waals surface area contributed by atoms with Crippen LogP contribution in [0.5, 0.6) is 0 Å². The van der Waals surface area contributed by atoms with Gasteiger partial charge in [-0.25, -0.2) is 0 Å². The van der Waals surface area contributed by atoms with E-state index in [1.165, 1.54) is 26.5 Å². The zero-order valence-corrected chi connectivity index (χ0v) is 15.3. The highest BCUT2D eigenvalue weighted by Gasteiger charge is 2.16. The fraction of sp³-hybridized carbons (Fsp3) is 0.158. The van der Waals surface area contributed by atoms with Gasteiger partial charge in [0, 0.05) is 16.3 Å². The summed E-state index contributed by atoms with van der Waals surface area (Å²) in [5.74, 6) is 0.929. The maximum atomic E-state index is 6.33.